The number of benzene rings is 2. The molecule has 4 nitrogen and oxygen atoms in total. The molecule has 0 radical (unpaired) electrons. The Morgan fingerprint density at radius 3 is 2.65 bits per heavy atom. The van der Waals surface area contributed by atoms with Crippen molar-refractivity contribution in [3.05, 3.63) is 71.3 Å². The minimum atomic E-state index is -0.703. The van der Waals surface area contributed by atoms with E-state index in [1.165, 1.54) is 40.9 Å². The molecule has 1 N–H and O–H groups in total. The second kappa shape index (κ2) is 7.86. The third-order valence-electron chi connectivity index (χ3n) is 4.22. The van der Waals surface area contributed by atoms with E-state index in [9.17, 15) is 18.4 Å². The minimum absolute atomic E-state index is 0.159. The molecule has 2 aromatic carbocycles. The number of hydrogen-bond donors (Lipinski definition) is 1. The Labute approximate surface area is 154 Å². The van der Waals surface area contributed by atoms with Crippen LogP contribution < -0.4 is 5.32 Å². The van der Waals surface area contributed by atoms with Gasteiger partial charge in [-0.2, -0.15) is 0 Å². The van der Waals surface area contributed by atoms with E-state index < -0.39 is 11.4 Å². The predicted octanol–water partition coefficient (Wildman–Crippen LogP) is 3.24. The van der Waals surface area contributed by atoms with Gasteiger partial charge in [0.2, 0.25) is 11.8 Å². The Balaban J connectivity index is 1.69. The first-order chi connectivity index (χ1) is 12.5. The lowest BCUT2D eigenvalue weighted by Gasteiger charge is -2.29. The SMILES string of the molecule is C[C@@H](C(=O)NCc1ccc(F)cc1)N1C(=O)CS[C@@H]1c1cccc(F)c1. The summed E-state index contributed by atoms with van der Waals surface area (Å²) in [4.78, 5) is 26.3. The van der Waals surface area contributed by atoms with Crippen LogP contribution in [-0.2, 0) is 16.1 Å². The van der Waals surface area contributed by atoms with Crippen LogP contribution in [0.4, 0.5) is 8.78 Å². The highest BCUT2D eigenvalue weighted by atomic mass is 32.2. The molecule has 1 aliphatic rings. The number of thioether (sulfide) groups is 1. The number of nitrogens with one attached hydrogen (secondary N) is 1. The van der Waals surface area contributed by atoms with Crippen LogP contribution in [0.2, 0.25) is 0 Å². The van der Waals surface area contributed by atoms with Crippen molar-refractivity contribution in [3.8, 4) is 0 Å². The Kier molecular flexibility index (Phi) is 5.56. The first kappa shape index (κ1) is 18.4. The highest BCUT2D eigenvalue weighted by Crippen LogP contribution is 2.40. The normalized spacial score (nSPS) is 18.0. The highest BCUT2D eigenvalue weighted by Gasteiger charge is 2.38. The van der Waals surface area contributed by atoms with E-state index in [4.69, 9.17) is 0 Å². The minimum Gasteiger partial charge on any atom is -0.350 e. The largest absolute Gasteiger partial charge is 0.350 e. The van der Waals surface area contributed by atoms with E-state index in [1.54, 1.807) is 31.2 Å². The van der Waals surface area contributed by atoms with Gasteiger partial charge in [-0.3, -0.25) is 9.59 Å². The fourth-order valence-corrected chi connectivity index (χ4v) is 4.09. The quantitative estimate of drug-likeness (QED) is 0.872. The Hall–Kier alpha value is -2.41. The molecule has 0 spiro atoms. The van der Waals surface area contributed by atoms with Crippen molar-refractivity contribution in [2.75, 3.05) is 5.75 Å². The van der Waals surface area contributed by atoms with Crippen LogP contribution in [-0.4, -0.2) is 28.5 Å². The highest BCUT2D eigenvalue weighted by molar-refractivity contribution is 8.00. The van der Waals surface area contributed by atoms with Gasteiger partial charge in [0.25, 0.3) is 0 Å². The molecule has 0 unspecified atom stereocenters. The molecule has 2 atom stereocenters. The number of nitrogens with zero attached hydrogens (tertiary/aromatic N) is 1. The maximum absolute atomic E-state index is 13.5. The van der Waals surface area contributed by atoms with Crippen LogP contribution in [0.5, 0.6) is 0 Å². The molecule has 136 valence electrons. The summed E-state index contributed by atoms with van der Waals surface area (Å²) in [5.41, 5.74) is 1.41. The van der Waals surface area contributed by atoms with E-state index >= 15 is 0 Å². The summed E-state index contributed by atoms with van der Waals surface area (Å²) in [5.74, 6) is -0.946. The van der Waals surface area contributed by atoms with Gasteiger partial charge < -0.3 is 10.2 Å². The zero-order valence-corrected chi connectivity index (χ0v) is 14.9. The van der Waals surface area contributed by atoms with Crippen molar-refractivity contribution in [2.24, 2.45) is 0 Å². The average Bonchev–Trinajstić information content (AvgIpc) is 3.02. The number of carbonyl (C=O) groups is 2. The second-order valence-corrected chi connectivity index (χ2v) is 7.11. The van der Waals surface area contributed by atoms with Crippen LogP contribution in [0.3, 0.4) is 0 Å². The number of halogens is 2. The van der Waals surface area contributed by atoms with Crippen molar-refractivity contribution in [1.29, 1.82) is 0 Å². The molecule has 0 aromatic heterocycles. The van der Waals surface area contributed by atoms with Crippen molar-refractivity contribution in [1.82, 2.24) is 10.2 Å². The van der Waals surface area contributed by atoms with Crippen molar-refractivity contribution in [3.63, 3.8) is 0 Å². The molecule has 0 aliphatic carbocycles. The predicted molar refractivity (Wildman–Crippen MR) is 96.2 cm³/mol. The van der Waals surface area contributed by atoms with Crippen molar-refractivity contribution >= 4 is 23.6 Å². The third kappa shape index (κ3) is 4.04. The lowest BCUT2D eigenvalue weighted by molar-refractivity contribution is -0.137. The van der Waals surface area contributed by atoms with Gasteiger partial charge in [0.05, 0.1) is 5.75 Å². The summed E-state index contributed by atoms with van der Waals surface area (Å²) in [6, 6.07) is 11.2. The molecule has 26 heavy (non-hydrogen) atoms. The van der Waals surface area contributed by atoms with Crippen molar-refractivity contribution < 1.29 is 18.4 Å². The first-order valence-electron chi connectivity index (χ1n) is 8.16. The fraction of sp³-hybridized carbons (Fsp3) is 0.263. The topological polar surface area (TPSA) is 49.4 Å². The number of hydrogen-bond acceptors (Lipinski definition) is 3. The Morgan fingerprint density at radius 2 is 1.96 bits per heavy atom. The van der Waals surface area contributed by atoms with E-state index in [0.29, 0.717) is 5.56 Å². The molecule has 0 saturated carbocycles. The van der Waals surface area contributed by atoms with E-state index in [0.717, 1.165) is 5.56 Å². The van der Waals surface area contributed by atoms with Crippen LogP contribution >= 0.6 is 11.8 Å². The molecule has 1 heterocycles. The van der Waals surface area contributed by atoms with Gasteiger partial charge in [-0.25, -0.2) is 8.78 Å². The van der Waals surface area contributed by atoms with Crippen LogP contribution in [0.15, 0.2) is 48.5 Å². The van der Waals surface area contributed by atoms with Gasteiger partial charge in [0, 0.05) is 6.54 Å². The monoisotopic (exact) mass is 376 g/mol. The lowest BCUT2D eigenvalue weighted by Crippen LogP contribution is -2.46. The van der Waals surface area contributed by atoms with Gasteiger partial charge >= 0.3 is 0 Å². The fourth-order valence-electron chi connectivity index (χ4n) is 2.84. The summed E-state index contributed by atoms with van der Waals surface area (Å²) < 4.78 is 26.5. The maximum atomic E-state index is 13.5. The molecule has 2 amide bonds. The van der Waals surface area contributed by atoms with Gasteiger partial charge in [-0.15, -0.1) is 11.8 Å². The molecule has 1 fully saturated rings. The molecule has 7 heteroatoms. The summed E-state index contributed by atoms with van der Waals surface area (Å²) in [6.07, 6.45) is 0. The lowest BCUT2D eigenvalue weighted by atomic mass is 10.1. The Bertz CT molecular complexity index is 813. The third-order valence-corrected chi connectivity index (χ3v) is 5.44. The van der Waals surface area contributed by atoms with E-state index in [1.807, 2.05) is 0 Å². The van der Waals surface area contributed by atoms with Gasteiger partial charge in [0.15, 0.2) is 0 Å². The smallest absolute Gasteiger partial charge is 0.242 e. The zero-order valence-electron chi connectivity index (χ0n) is 14.1. The average molecular weight is 376 g/mol. The van der Waals surface area contributed by atoms with Gasteiger partial charge in [0.1, 0.15) is 23.1 Å². The standard InChI is InChI=1S/C19H18F2N2O2S/c1-12(18(25)22-10-13-5-7-15(20)8-6-13)23-17(24)11-26-19(23)14-3-2-4-16(21)9-14/h2-9,12,19H,10-11H2,1H3,(H,22,25)/t12-,19+/m0/s1. The van der Waals surface area contributed by atoms with Crippen LogP contribution in [0.1, 0.15) is 23.4 Å². The van der Waals surface area contributed by atoms with Crippen LogP contribution in [0.25, 0.3) is 0 Å². The summed E-state index contributed by atoms with van der Waals surface area (Å²) in [7, 11) is 0. The van der Waals surface area contributed by atoms with Gasteiger partial charge in [-0.1, -0.05) is 24.3 Å². The zero-order chi connectivity index (χ0) is 18.7. The molecule has 3 rings (SSSR count). The van der Waals surface area contributed by atoms with E-state index in [-0.39, 0.29) is 35.7 Å². The molecule has 2 aromatic rings. The number of carbonyl (C=O) groups excluding carboxylic acids is 2. The number of rotatable bonds is 5. The summed E-state index contributed by atoms with van der Waals surface area (Å²) >= 11 is 1.37. The molecule has 1 aliphatic heterocycles. The molecule has 1 saturated heterocycles. The molecular formula is C19H18F2N2O2S. The van der Waals surface area contributed by atoms with Gasteiger partial charge in [-0.05, 0) is 42.3 Å². The number of amides is 2. The second-order valence-electron chi connectivity index (χ2n) is 6.04. The maximum Gasteiger partial charge on any atom is 0.242 e. The molecule has 0 bridgehead atoms. The molecular weight excluding hydrogens is 358 g/mol. The summed E-state index contributed by atoms with van der Waals surface area (Å²) in [5, 5.41) is 2.36. The summed E-state index contributed by atoms with van der Waals surface area (Å²) in [6.45, 7) is 1.89. The first-order valence-corrected chi connectivity index (χ1v) is 9.21. The van der Waals surface area contributed by atoms with E-state index in [2.05, 4.69) is 5.32 Å². The van der Waals surface area contributed by atoms with Crippen molar-refractivity contribution in [2.45, 2.75) is 24.9 Å². The Morgan fingerprint density at radius 1 is 1.23 bits per heavy atom. The van der Waals surface area contributed by atoms with Crippen LogP contribution in [0, 0.1) is 11.6 Å².